The standard InChI is InChI=1S/C12H10Cl2N2O3/c1-5(2)19-12(18)10-11(17)16-9-4-7(14)6(13)3-8(9)15-10/h3-5H,1-2H3,(H,16,17). The van der Waals surface area contributed by atoms with Crippen LogP contribution in [0.15, 0.2) is 16.9 Å². The van der Waals surface area contributed by atoms with Crippen LogP contribution in [0.3, 0.4) is 0 Å². The number of rotatable bonds is 2. The minimum absolute atomic E-state index is 0.289. The number of carbonyl (C=O) groups is 1. The van der Waals surface area contributed by atoms with Crippen LogP contribution in [-0.2, 0) is 4.74 Å². The molecule has 0 saturated heterocycles. The summed E-state index contributed by atoms with van der Waals surface area (Å²) in [5.74, 6) is -0.774. The van der Waals surface area contributed by atoms with E-state index in [0.717, 1.165) is 0 Å². The summed E-state index contributed by atoms with van der Waals surface area (Å²) in [6.07, 6.45) is -0.335. The molecule has 0 unspecified atom stereocenters. The molecule has 19 heavy (non-hydrogen) atoms. The van der Waals surface area contributed by atoms with Crippen LogP contribution in [0.1, 0.15) is 24.3 Å². The monoisotopic (exact) mass is 300 g/mol. The molecule has 0 fully saturated rings. The van der Waals surface area contributed by atoms with Gasteiger partial charge in [-0.3, -0.25) is 4.79 Å². The third-order valence-corrected chi connectivity index (χ3v) is 2.99. The first-order valence-electron chi connectivity index (χ1n) is 5.48. The molecule has 100 valence electrons. The number of hydrogen-bond donors (Lipinski definition) is 1. The number of fused-ring (bicyclic) bond motifs is 1. The van der Waals surface area contributed by atoms with Crippen LogP contribution in [0.2, 0.25) is 10.0 Å². The Morgan fingerprint density at radius 1 is 1.32 bits per heavy atom. The zero-order valence-corrected chi connectivity index (χ0v) is 11.7. The van der Waals surface area contributed by atoms with Gasteiger partial charge in [-0.1, -0.05) is 23.2 Å². The summed E-state index contributed by atoms with van der Waals surface area (Å²) in [6.45, 7) is 3.37. The van der Waals surface area contributed by atoms with Crippen LogP contribution in [0, 0.1) is 0 Å². The van der Waals surface area contributed by atoms with Crippen LogP contribution in [0.5, 0.6) is 0 Å². The Bertz CT molecular complexity index is 710. The van der Waals surface area contributed by atoms with Crippen LogP contribution < -0.4 is 5.56 Å². The van der Waals surface area contributed by atoms with E-state index in [0.29, 0.717) is 16.1 Å². The fourth-order valence-electron chi connectivity index (χ4n) is 1.49. The van der Waals surface area contributed by atoms with E-state index >= 15 is 0 Å². The fourth-order valence-corrected chi connectivity index (χ4v) is 1.81. The maximum atomic E-state index is 11.8. The quantitative estimate of drug-likeness (QED) is 0.866. The van der Waals surface area contributed by atoms with Crippen molar-refractivity contribution in [1.29, 1.82) is 0 Å². The Morgan fingerprint density at radius 2 is 1.95 bits per heavy atom. The predicted octanol–water partition coefficient (Wildman–Crippen LogP) is 2.80. The fraction of sp³-hybridized carbons (Fsp3) is 0.250. The number of H-pyrrole nitrogens is 1. The second-order valence-corrected chi connectivity index (χ2v) is 4.97. The molecule has 1 heterocycles. The van der Waals surface area contributed by atoms with Crippen molar-refractivity contribution >= 4 is 40.2 Å². The van der Waals surface area contributed by atoms with E-state index in [1.165, 1.54) is 12.1 Å². The van der Waals surface area contributed by atoms with Crippen molar-refractivity contribution in [2.45, 2.75) is 20.0 Å². The summed E-state index contributed by atoms with van der Waals surface area (Å²) in [4.78, 5) is 30.0. The van der Waals surface area contributed by atoms with Crippen molar-refractivity contribution in [2.75, 3.05) is 0 Å². The molecule has 0 amide bonds. The number of nitrogens with zero attached hydrogens (tertiary/aromatic N) is 1. The molecule has 0 spiro atoms. The lowest BCUT2D eigenvalue weighted by molar-refractivity contribution is 0.0369. The summed E-state index contributed by atoms with van der Waals surface area (Å²) >= 11 is 11.7. The van der Waals surface area contributed by atoms with Crippen LogP contribution in [-0.4, -0.2) is 22.0 Å². The number of hydrogen-bond acceptors (Lipinski definition) is 4. The van der Waals surface area contributed by atoms with Gasteiger partial charge >= 0.3 is 5.97 Å². The van der Waals surface area contributed by atoms with E-state index in [2.05, 4.69) is 9.97 Å². The van der Waals surface area contributed by atoms with Crippen LogP contribution in [0.25, 0.3) is 11.0 Å². The normalized spacial score (nSPS) is 11.0. The maximum absolute atomic E-state index is 11.8. The SMILES string of the molecule is CC(C)OC(=O)c1nc2cc(Cl)c(Cl)cc2[nH]c1=O. The number of aromatic nitrogens is 2. The minimum Gasteiger partial charge on any atom is -0.458 e. The number of halogens is 2. The van der Waals surface area contributed by atoms with Gasteiger partial charge in [0.2, 0.25) is 5.69 Å². The minimum atomic E-state index is -0.774. The maximum Gasteiger partial charge on any atom is 0.363 e. The number of ether oxygens (including phenoxy) is 1. The Morgan fingerprint density at radius 3 is 2.58 bits per heavy atom. The molecule has 1 N–H and O–H groups in total. The molecule has 2 aromatic rings. The van der Waals surface area contributed by atoms with Gasteiger partial charge in [-0.25, -0.2) is 9.78 Å². The summed E-state index contributed by atoms with van der Waals surface area (Å²) in [5.41, 5.74) is -0.165. The Balaban J connectivity index is 2.58. The third kappa shape index (κ3) is 2.88. The zero-order chi connectivity index (χ0) is 14.2. The van der Waals surface area contributed by atoms with E-state index in [1.807, 2.05) is 0 Å². The molecule has 0 aliphatic rings. The summed E-state index contributed by atoms with van der Waals surface area (Å²) in [5, 5.41) is 0.584. The molecular weight excluding hydrogens is 291 g/mol. The molecule has 0 saturated carbocycles. The molecule has 7 heteroatoms. The molecule has 0 bridgehead atoms. The van der Waals surface area contributed by atoms with Gasteiger partial charge in [-0.05, 0) is 26.0 Å². The van der Waals surface area contributed by atoms with Crippen LogP contribution >= 0.6 is 23.2 Å². The van der Waals surface area contributed by atoms with Gasteiger partial charge in [0.15, 0.2) is 0 Å². The van der Waals surface area contributed by atoms with Gasteiger partial charge in [0.05, 0.1) is 27.2 Å². The van der Waals surface area contributed by atoms with E-state index < -0.39 is 11.5 Å². The van der Waals surface area contributed by atoms with Crippen molar-refractivity contribution in [3.8, 4) is 0 Å². The van der Waals surface area contributed by atoms with Gasteiger partial charge in [-0.15, -0.1) is 0 Å². The van der Waals surface area contributed by atoms with Gasteiger partial charge < -0.3 is 9.72 Å². The Kier molecular flexibility index (Phi) is 3.78. The number of aromatic amines is 1. The first-order chi connectivity index (χ1) is 8.88. The highest BCUT2D eigenvalue weighted by Gasteiger charge is 2.17. The lowest BCUT2D eigenvalue weighted by Crippen LogP contribution is -2.24. The molecule has 0 aliphatic heterocycles. The first kappa shape index (κ1) is 13.8. The predicted molar refractivity (Wildman–Crippen MR) is 72.9 cm³/mol. The lowest BCUT2D eigenvalue weighted by Gasteiger charge is -2.07. The second kappa shape index (κ2) is 5.19. The highest BCUT2D eigenvalue weighted by molar-refractivity contribution is 6.42. The highest BCUT2D eigenvalue weighted by Crippen LogP contribution is 2.25. The molecule has 5 nitrogen and oxygen atoms in total. The number of carbonyl (C=O) groups excluding carboxylic acids is 1. The summed E-state index contributed by atoms with van der Waals surface area (Å²) < 4.78 is 4.94. The summed E-state index contributed by atoms with van der Waals surface area (Å²) in [6, 6.07) is 2.95. The number of benzene rings is 1. The molecular formula is C12H10Cl2N2O3. The third-order valence-electron chi connectivity index (χ3n) is 2.27. The van der Waals surface area contributed by atoms with E-state index in [4.69, 9.17) is 27.9 Å². The van der Waals surface area contributed by atoms with E-state index in [9.17, 15) is 9.59 Å². The van der Waals surface area contributed by atoms with E-state index in [1.54, 1.807) is 13.8 Å². The van der Waals surface area contributed by atoms with Crippen molar-refractivity contribution in [3.05, 3.63) is 38.2 Å². The number of nitrogens with one attached hydrogen (secondary N) is 1. The molecule has 0 radical (unpaired) electrons. The Labute approximate surface area is 118 Å². The van der Waals surface area contributed by atoms with Crippen molar-refractivity contribution < 1.29 is 9.53 Å². The molecule has 0 atom stereocenters. The average Bonchev–Trinajstić information content (AvgIpc) is 2.29. The molecule has 1 aromatic carbocycles. The lowest BCUT2D eigenvalue weighted by atomic mass is 10.3. The average molecular weight is 301 g/mol. The van der Waals surface area contributed by atoms with Gasteiger partial charge in [0.1, 0.15) is 0 Å². The van der Waals surface area contributed by atoms with Gasteiger partial charge in [0, 0.05) is 0 Å². The van der Waals surface area contributed by atoms with Crippen molar-refractivity contribution in [1.82, 2.24) is 9.97 Å². The Hall–Kier alpha value is -1.59. The van der Waals surface area contributed by atoms with Gasteiger partial charge in [0.25, 0.3) is 5.56 Å². The van der Waals surface area contributed by atoms with Crippen molar-refractivity contribution in [3.63, 3.8) is 0 Å². The zero-order valence-electron chi connectivity index (χ0n) is 10.2. The van der Waals surface area contributed by atoms with Crippen LogP contribution in [0.4, 0.5) is 0 Å². The molecule has 1 aromatic heterocycles. The summed E-state index contributed by atoms with van der Waals surface area (Å²) in [7, 11) is 0. The first-order valence-corrected chi connectivity index (χ1v) is 6.24. The smallest absolute Gasteiger partial charge is 0.363 e. The number of esters is 1. The molecule has 0 aliphatic carbocycles. The molecule has 2 rings (SSSR count). The van der Waals surface area contributed by atoms with E-state index in [-0.39, 0.29) is 16.8 Å². The van der Waals surface area contributed by atoms with Gasteiger partial charge in [-0.2, -0.15) is 0 Å². The van der Waals surface area contributed by atoms with Crippen molar-refractivity contribution in [2.24, 2.45) is 0 Å². The second-order valence-electron chi connectivity index (χ2n) is 4.15. The highest BCUT2D eigenvalue weighted by atomic mass is 35.5. The largest absolute Gasteiger partial charge is 0.458 e. The topological polar surface area (TPSA) is 72.0 Å².